The van der Waals surface area contributed by atoms with Crippen LogP contribution in [0.1, 0.15) is 17.4 Å². The number of nitrogens with one attached hydrogen (secondary N) is 1. The van der Waals surface area contributed by atoms with Crippen LogP contribution in [0.2, 0.25) is 0 Å². The van der Waals surface area contributed by atoms with Gasteiger partial charge >= 0.3 is 5.97 Å². The van der Waals surface area contributed by atoms with Gasteiger partial charge in [0.2, 0.25) is 5.91 Å². The van der Waals surface area contributed by atoms with Crippen molar-refractivity contribution in [2.45, 2.75) is 18.7 Å². The minimum atomic E-state index is -3.43. The number of carboxylic acid groups (broad SMARTS) is 1. The number of rotatable bonds is 6. The van der Waals surface area contributed by atoms with Gasteiger partial charge in [0, 0.05) is 12.8 Å². The topological polar surface area (TPSA) is 131 Å². The molecule has 0 aliphatic carbocycles. The average Bonchev–Trinajstić information content (AvgIpc) is 2.75. The van der Waals surface area contributed by atoms with Crippen LogP contribution >= 0.6 is 0 Å². The monoisotopic (exact) mass is 290 g/mol. The zero-order valence-corrected chi connectivity index (χ0v) is 11.2. The summed E-state index contributed by atoms with van der Waals surface area (Å²) in [5.41, 5.74) is -0.198. The minimum absolute atomic E-state index is 0.126. The highest BCUT2D eigenvalue weighted by molar-refractivity contribution is 7.92. The molecule has 0 bridgehead atoms. The van der Waals surface area contributed by atoms with Crippen molar-refractivity contribution in [1.82, 2.24) is 20.3 Å². The van der Waals surface area contributed by atoms with Crippen molar-refractivity contribution in [3.8, 4) is 0 Å². The molecular weight excluding hydrogens is 276 g/mol. The molecule has 1 amide bonds. The van der Waals surface area contributed by atoms with E-state index in [9.17, 15) is 18.0 Å². The Bertz CT molecular complexity index is 579. The van der Waals surface area contributed by atoms with Gasteiger partial charge in [-0.25, -0.2) is 17.9 Å². The Hall–Kier alpha value is -1.97. The van der Waals surface area contributed by atoms with E-state index in [4.69, 9.17) is 5.11 Å². The molecule has 0 aromatic carbocycles. The number of hydrogen-bond acceptors (Lipinski definition) is 6. The molecule has 1 unspecified atom stereocenters. The predicted octanol–water partition coefficient (Wildman–Crippen LogP) is -1.47. The van der Waals surface area contributed by atoms with E-state index in [-0.39, 0.29) is 18.8 Å². The first-order valence-electron chi connectivity index (χ1n) is 5.32. The standard InChI is InChI=1S/C9H14N4O5S/c1-6(19(2,17)18)8(14)10-3-4-13-5-7(9(15)16)11-12-13/h5-6H,3-4H2,1-2H3,(H,10,14)(H,15,16). The van der Waals surface area contributed by atoms with Gasteiger partial charge in [-0.1, -0.05) is 5.21 Å². The molecule has 1 rings (SSSR count). The lowest BCUT2D eigenvalue weighted by Gasteiger charge is -2.09. The lowest BCUT2D eigenvalue weighted by molar-refractivity contribution is -0.120. The minimum Gasteiger partial charge on any atom is -0.476 e. The van der Waals surface area contributed by atoms with Crippen LogP contribution in [0.4, 0.5) is 0 Å². The molecule has 1 aromatic heterocycles. The fourth-order valence-electron chi connectivity index (χ4n) is 1.14. The van der Waals surface area contributed by atoms with Crippen LogP contribution in [0, 0.1) is 0 Å². The predicted molar refractivity (Wildman–Crippen MR) is 64.3 cm³/mol. The van der Waals surface area contributed by atoms with Crippen LogP contribution in [0.25, 0.3) is 0 Å². The van der Waals surface area contributed by atoms with Crippen molar-refractivity contribution in [3.63, 3.8) is 0 Å². The fourth-order valence-corrected chi connectivity index (χ4v) is 1.61. The maximum absolute atomic E-state index is 11.5. The Balaban J connectivity index is 2.46. The molecular formula is C9H14N4O5S. The van der Waals surface area contributed by atoms with E-state index in [1.807, 2.05) is 0 Å². The zero-order chi connectivity index (χ0) is 14.6. The van der Waals surface area contributed by atoms with Gasteiger partial charge in [0.05, 0.1) is 12.7 Å². The molecule has 0 spiro atoms. The molecule has 19 heavy (non-hydrogen) atoms. The molecule has 10 heteroatoms. The number of carbonyl (C=O) groups is 2. The van der Waals surface area contributed by atoms with Crippen LogP contribution in [0.3, 0.4) is 0 Å². The highest BCUT2D eigenvalue weighted by Gasteiger charge is 2.22. The molecule has 0 saturated heterocycles. The second-order valence-corrected chi connectivity index (χ2v) is 6.30. The molecule has 0 aliphatic rings. The van der Waals surface area contributed by atoms with E-state index in [0.29, 0.717) is 0 Å². The first-order valence-corrected chi connectivity index (χ1v) is 7.27. The van der Waals surface area contributed by atoms with Crippen molar-refractivity contribution in [2.24, 2.45) is 0 Å². The van der Waals surface area contributed by atoms with Gasteiger partial charge in [-0.3, -0.25) is 4.79 Å². The number of hydrogen-bond donors (Lipinski definition) is 2. The number of aromatic nitrogens is 3. The summed E-state index contributed by atoms with van der Waals surface area (Å²) in [6, 6.07) is 0. The Morgan fingerprint density at radius 3 is 2.63 bits per heavy atom. The number of carboxylic acids is 1. The van der Waals surface area contributed by atoms with E-state index >= 15 is 0 Å². The van der Waals surface area contributed by atoms with Gasteiger partial charge < -0.3 is 10.4 Å². The maximum Gasteiger partial charge on any atom is 0.358 e. The lowest BCUT2D eigenvalue weighted by Crippen LogP contribution is -2.38. The van der Waals surface area contributed by atoms with Crippen molar-refractivity contribution in [1.29, 1.82) is 0 Å². The largest absolute Gasteiger partial charge is 0.476 e. The van der Waals surface area contributed by atoms with Crippen molar-refractivity contribution < 1.29 is 23.1 Å². The molecule has 106 valence electrons. The summed E-state index contributed by atoms with van der Waals surface area (Å²) in [7, 11) is -3.43. The SMILES string of the molecule is CC(C(=O)NCCn1cc(C(=O)O)nn1)S(C)(=O)=O. The summed E-state index contributed by atoms with van der Waals surface area (Å²) in [4.78, 5) is 22.0. The highest BCUT2D eigenvalue weighted by atomic mass is 32.2. The van der Waals surface area contributed by atoms with Gasteiger partial charge in [0.1, 0.15) is 5.25 Å². The van der Waals surface area contributed by atoms with Gasteiger partial charge in [0.15, 0.2) is 15.5 Å². The van der Waals surface area contributed by atoms with Gasteiger partial charge in [0.25, 0.3) is 0 Å². The zero-order valence-electron chi connectivity index (χ0n) is 10.4. The van der Waals surface area contributed by atoms with Crippen LogP contribution in [-0.4, -0.2) is 58.4 Å². The molecule has 0 aliphatic heterocycles. The van der Waals surface area contributed by atoms with Gasteiger partial charge in [-0.2, -0.15) is 0 Å². The van der Waals surface area contributed by atoms with Gasteiger partial charge in [-0.05, 0) is 6.92 Å². The highest BCUT2D eigenvalue weighted by Crippen LogP contribution is 1.97. The third kappa shape index (κ3) is 4.32. The first-order chi connectivity index (χ1) is 8.71. The Labute approximate surface area is 109 Å². The molecule has 0 saturated carbocycles. The fraction of sp³-hybridized carbons (Fsp3) is 0.556. The van der Waals surface area contributed by atoms with Crippen LogP contribution < -0.4 is 5.32 Å². The second-order valence-electron chi connectivity index (χ2n) is 3.93. The molecule has 0 radical (unpaired) electrons. The van der Waals surface area contributed by atoms with E-state index in [0.717, 1.165) is 6.26 Å². The number of sulfone groups is 1. The summed E-state index contributed by atoms with van der Waals surface area (Å²) in [5.74, 6) is -1.80. The molecule has 2 N–H and O–H groups in total. The van der Waals surface area contributed by atoms with Gasteiger partial charge in [-0.15, -0.1) is 5.10 Å². The number of carbonyl (C=O) groups excluding carboxylic acids is 1. The number of aromatic carboxylic acids is 1. The van der Waals surface area contributed by atoms with E-state index in [1.165, 1.54) is 17.8 Å². The summed E-state index contributed by atoms with van der Waals surface area (Å²) in [6.07, 6.45) is 2.20. The Morgan fingerprint density at radius 2 is 2.16 bits per heavy atom. The maximum atomic E-state index is 11.5. The summed E-state index contributed by atoms with van der Waals surface area (Å²) in [6.45, 7) is 1.62. The normalized spacial score (nSPS) is 12.9. The molecule has 1 heterocycles. The Morgan fingerprint density at radius 1 is 1.53 bits per heavy atom. The summed E-state index contributed by atoms with van der Waals surface area (Å²) >= 11 is 0. The smallest absolute Gasteiger partial charge is 0.358 e. The lowest BCUT2D eigenvalue weighted by atomic mass is 10.4. The summed E-state index contributed by atoms with van der Waals surface area (Å²) in [5, 5.41) is 16.9. The third-order valence-electron chi connectivity index (χ3n) is 2.41. The van der Waals surface area contributed by atoms with Crippen LogP contribution in [0.15, 0.2) is 6.20 Å². The molecule has 1 aromatic rings. The van der Waals surface area contributed by atoms with Crippen molar-refractivity contribution in [3.05, 3.63) is 11.9 Å². The van der Waals surface area contributed by atoms with E-state index in [2.05, 4.69) is 15.6 Å². The van der Waals surface area contributed by atoms with E-state index < -0.39 is 27.0 Å². The molecule has 1 atom stereocenters. The van der Waals surface area contributed by atoms with Crippen molar-refractivity contribution >= 4 is 21.7 Å². The van der Waals surface area contributed by atoms with Crippen molar-refractivity contribution in [2.75, 3.05) is 12.8 Å². The molecule has 9 nitrogen and oxygen atoms in total. The van der Waals surface area contributed by atoms with Crippen LogP contribution in [-0.2, 0) is 21.2 Å². The first kappa shape index (κ1) is 15.1. The average molecular weight is 290 g/mol. The number of amides is 1. The summed E-state index contributed by atoms with van der Waals surface area (Å²) < 4.78 is 23.5. The second kappa shape index (κ2) is 5.78. The third-order valence-corrected chi connectivity index (χ3v) is 3.91. The Kier molecular flexibility index (Phi) is 4.59. The number of nitrogens with zero attached hydrogens (tertiary/aromatic N) is 3. The van der Waals surface area contributed by atoms with Crippen LogP contribution in [0.5, 0.6) is 0 Å². The van der Waals surface area contributed by atoms with E-state index in [1.54, 1.807) is 0 Å². The quantitative estimate of drug-likeness (QED) is 0.653. The molecule has 0 fully saturated rings.